The second-order valence-corrected chi connectivity index (χ2v) is 7.38. The van der Waals surface area contributed by atoms with E-state index in [1.54, 1.807) is 6.07 Å². The number of nitrogens with zero attached hydrogens (tertiary/aromatic N) is 4. The van der Waals surface area contributed by atoms with Gasteiger partial charge in [-0.2, -0.15) is 0 Å². The van der Waals surface area contributed by atoms with Gasteiger partial charge < -0.3 is 0 Å². The topological polar surface area (TPSA) is 34.0 Å². The Labute approximate surface area is 157 Å². The van der Waals surface area contributed by atoms with Crippen molar-refractivity contribution in [3.05, 3.63) is 71.8 Å². The minimum absolute atomic E-state index is 0.178. The van der Waals surface area contributed by atoms with E-state index in [2.05, 4.69) is 31.8 Å². The van der Waals surface area contributed by atoms with E-state index >= 15 is 0 Å². The van der Waals surface area contributed by atoms with Gasteiger partial charge >= 0.3 is 0 Å². The van der Waals surface area contributed by atoms with Crippen LogP contribution in [0, 0.1) is 5.82 Å². The van der Waals surface area contributed by atoms with Gasteiger partial charge in [-0.25, -0.2) is 4.39 Å². The number of rotatable bonds is 6. The first-order valence-corrected chi connectivity index (χ1v) is 9.88. The minimum Gasteiger partial charge on any atom is -0.296 e. The molecule has 1 aromatic heterocycles. The zero-order chi connectivity index (χ0) is 17.8. The van der Waals surface area contributed by atoms with Crippen LogP contribution in [0.1, 0.15) is 24.2 Å². The maximum absolute atomic E-state index is 13.9. The fraction of sp³-hybridized carbons (Fsp3) is 0.300. The van der Waals surface area contributed by atoms with Crippen molar-refractivity contribution >= 4 is 11.8 Å². The van der Waals surface area contributed by atoms with Crippen LogP contribution in [-0.2, 0) is 12.3 Å². The minimum atomic E-state index is -0.178. The Hall–Kier alpha value is -2.18. The van der Waals surface area contributed by atoms with Gasteiger partial charge in [0.05, 0.1) is 6.54 Å². The molecule has 134 valence electrons. The molecule has 0 bridgehead atoms. The summed E-state index contributed by atoms with van der Waals surface area (Å²) in [6, 6.07) is 17.0. The summed E-state index contributed by atoms with van der Waals surface area (Å²) in [6.45, 7) is 3.01. The molecule has 0 saturated carbocycles. The molecule has 6 heteroatoms. The highest BCUT2D eigenvalue weighted by Gasteiger charge is 2.19. The molecular weight excluding hydrogens is 347 g/mol. The zero-order valence-corrected chi connectivity index (χ0v) is 15.3. The third-order valence-corrected chi connectivity index (χ3v) is 5.57. The SMILES string of the molecule is Fc1ccccc1CSc1nnc(CN2CCCC2)n1-c1ccccc1. The number of likely N-dealkylation sites (tertiary alicyclic amines) is 1. The largest absolute Gasteiger partial charge is 0.296 e. The molecule has 2 aromatic carbocycles. The average Bonchev–Trinajstić information content (AvgIpc) is 3.32. The molecule has 1 saturated heterocycles. The van der Waals surface area contributed by atoms with Gasteiger partial charge in [0.15, 0.2) is 11.0 Å². The first-order chi connectivity index (χ1) is 12.8. The van der Waals surface area contributed by atoms with E-state index in [9.17, 15) is 4.39 Å². The standard InChI is InChI=1S/C20H21FN4S/c21-18-11-5-4-8-16(18)15-26-20-23-22-19(14-24-12-6-7-13-24)25(20)17-9-2-1-3-10-17/h1-5,8-11H,6-7,12-15H2. The second-order valence-electron chi connectivity index (χ2n) is 6.43. The van der Waals surface area contributed by atoms with Crippen molar-refractivity contribution in [2.45, 2.75) is 30.3 Å². The van der Waals surface area contributed by atoms with Crippen LogP contribution in [0.25, 0.3) is 5.69 Å². The quantitative estimate of drug-likeness (QED) is 0.608. The number of thioether (sulfide) groups is 1. The summed E-state index contributed by atoms with van der Waals surface area (Å²) >= 11 is 1.52. The third kappa shape index (κ3) is 3.81. The predicted octanol–water partition coefficient (Wildman–Crippen LogP) is 4.29. The van der Waals surface area contributed by atoms with E-state index in [0.717, 1.165) is 36.3 Å². The maximum Gasteiger partial charge on any atom is 0.196 e. The molecular formula is C20H21FN4S. The smallest absolute Gasteiger partial charge is 0.196 e. The molecule has 2 heterocycles. The van der Waals surface area contributed by atoms with Crippen molar-refractivity contribution in [2.24, 2.45) is 0 Å². The van der Waals surface area contributed by atoms with Gasteiger partial charge in [-0.3, -0.25) is 9.47 Å². The Balaban J connectivity index is 1.61. The first kappa shape index (κ1) is 17.2. The molecule has 0 radical (unpaired) electrons. The zero-order valence-electron chi connectivity index (χ0n) is 14.5. The monoisotopic (exact) mass is 368 g/mol. The molecule has 4 nitrogen and oxygen atoms in total. The highest BCUT2D eigenvalue weighted by Crippen LogP contribution is 2.27. The average molecular weight is 368 g/mol. The Morgan fingerprint density at radius 3 is 2.42 bits per heavy atom. The second kappa shape index (κ2) is 8.01. The summed E-state index contributed by atoms with van der Waals surface area (Å²) in [5.74, 6) is 1.29. The Morgan fingerprint density at radius 1 is 0.923 bits per heavy atom. The lowest BCUT2D eigenvalue weighted by Gasteiger charge is -2.16. The molecule has 1 fully saturated rings. The lowest BCUT2D eigenvalue weighted by molar-refractivity contribution is 0.319. The van der Waals surface area contributed by atoms with Crippen molar-refractivity contribution in [3.63, 3.8) is 0 Å². The van der Waals surface area contributed by atoms with Gasteiger partial charge in [0.1, 0.15) is 5.82 Å². The van der Waals surface area contributed by atoms with Crippen molar-refractivity contribution in [3.8, 4) is 5.69 Å². The molecule has 4 rings (SSSR count). The predicted molar refractivity (Wildman–Crippen MR) is 102 cm³/mol. The van der Waals surface area contributed by atoms with Gasteiger partial charge in [-0.1, -0.05) is 48.2 Å². The highest BCUT2D eigenvalue weighted by atomic mass is 32.2. The summed E-state index contributed by atoms with van der Waals surface area (Å²) in [7, 11) is 0. The Kier molecular flexibility index (Phi) is 5.32. The van der Waals surface area contributed by atoms with Crippen LogP contribution in [0.3, 0.4) is 0 Å². The van der Waals surface area contributed by atoms with E-state index in [1.165, 1.54) is 30.7 Å². The van der Waals surface area contributed by atoms with Crippen molar-refractivity contribution in [1.29, 1.82) is 0 Å². The van der Waals surface area contributed by atoms with E-state index in [-0.39, 0.29) is 5.82 Å². The van der Waals surface area contributed by atoms with Gasteiger partial charge in [0, 0.05) is 11.4 Å². The fourth-order valence-electron chi connectivity index (χ4n) is 3.23. The van der Waals surface area contributed by atoms with Crippen molar-refractivity contribution in [2.75, 3.05) is 13.1 Å². The normalized spacial score (nSPS) is 14.8. The maximum atomic E-state index is 13.9. The summed E-state index contributed by atoms with van der Waals surface area (Å²) in [5.41, 5.74) is 1.73. The summed E-state index contributed by atoms with van der Waals surface area (Å²) in [4.78, 5) is 2.41. The van der Waals surface area contributed by atoms with Crippen LogP contribution in [0.4, 0.5) is 4.39 Å². The summed E-state index contributed by atoms with van der Waals surface area (Å²) in [5, 5.41) is 9.65. The van der Waals surface area contributed by atoms with Crippen LogP contribution < -0.4 is 0 Å². The van der Waals surface area contributed by atoms with Crippen molar-refractivity contribution < 1.29 is 4.39 Å². The number of para-hydroxylation sites is 1. The molecule has 0 atom stereocenters. The lowest BCUT2D eigenvalue weighted by Crippen LogP contribution is -2.21. The van der Waals surface area contributed by atoms with Crippen LogP contribution in [-0.4, -0.2) is 32.8 Å². The number of halogens is 1. The summed E-state index contributed by atoms with van der Waals surface area (Å²) in [6.07, 6.45) is 2.49. The molecule has 0 spiro atoms. The Bertz CT molecular complexity index is 859. The fourth-order valence-corrected chi connectivity index (χ4v) is 4.19. The number of hydrogen-bond donors (Lipinski definition) is 0. The molecule has 1 aliphatic heterocycles. The molecule has 0 N–H and O–H groups in total. The van der Waals surface area contributed by atoms with Crippen LogP contribution in [0.2, 0.25) is 0 Å². The van der Waals surface area contributed by atoms with Gasteiger partial charge in [-0.05, 0) is 49.7 Å². The van der Waals surface area contributed by atoms with E-state index in [1.807, 2.05) is 30.3 Å². The molecule has 1 aliphatic rings. The highest BCUT2D eigenvalue weighted by molar-refractivity contribution is 7.98. The van der Waals surface area contributed by atoms with E-state index in [4.69, 9.17) is 0 Å². The first-order valence-electron chi connectivity index (χ1n) is 8.89. The third-order valence-electron chi connectivity index (χ3n) is 4.59. The molecule has 0 aliphatic carbocycles. The number of benzene rings is 2. The molecule has 0 amide bonds. The number of aromatic nitrogens is 3. The van der Waals surface area contributed by atoms with Gasteiger partial charge in [0.25, 0.3) is 0 Å². The summed E-state index contributed by atoms with van der Waals surface area (Å²) < 4.78 is 16.0. The van der Waals surface area contributed by atoms with Crippen LogP contribution in [0.15, 0.2) is 59.8 Å². The Morgan fingerprint density at radius 2 is 1.65 bits per heavy atom. The molecule has 3 aromatic rings. The lowest BCUT2D eigenvalue weighted by atomic mass is 10.2. The van der Waals surface area contributed by atoms with Crippen LogP contribution in [0.5, 0.6) is 0 Å². The molecule has 0 unspecified atom stereocenters. The van der Waals surface area contributed by atoms with E-state index in [0.29, 0.717) is 11.3 Å². The molecule has 26 heavy (non-hydrogen) atoms. The van der Waals surface area contributed by atoms with E-state index < -0.39 is 0 Å². The van der Waals surface area contributed by atoms with Crippen LogP contribution >= 0.6 is 11.8 Å². The number of hydrogen-bond acceptors (Lipinski definition) is 4. The van der Waals surface area contributed by atoms with Gasteiger partial charge in [0.2, 0.25) is 0 Å². The van der Waals surface area contributed by atoms with Crippen molar-refractivity contribution in [1.82, 2.24) is 19.7 Å². The van der Waals surface area contributed by atoms with Gasteiger partial charge in [-0.15, -0.1) is 10.2 Å².